The highest BCUT2D eigenvalue weighted by Crippen LogP contribution is 2.42. The molecule has 0 aromatic carbocycles. The monoisotopic (exact) mass is 346 g/mol. The highest BCUT2D eigenvalue weighted by molar-refractivity contribution is 7.15. The molecule has 0 spiro atoms. The van der Waals surface area contributed by atoms with Crippen molar-refractivity contribution in [3.05, 3.63) is 23.0 Å². The number of anilines is 1. The third-order valence-electron chi connectivity index (χ3n) is 4.84. The molecule has 1 aliphatic heterocycles. The standard InChI is InChI=1S/C16H22N6OS/c1-20-9-12(8-17-20)15(23)21(2)13-4-3-7-22(10-13)16-19-18-14(24-16)11-5-6-11/h8-9,11,13H,3-7,10H2,1-2H3. The quantitative estimate of drug-likeness (QED) is 0.846. The zero-order chi connectivity index (χ0) is 16.7. The average molecular weight is 346 g/mol. The fourth-order valence-corrected chi connectivity index (χ4v) is 4.24. The topological polar surface area (TPSA) is 67.2 Å². The zero-order valence-electron chi connectivity index (χ0n) is 14.1. The number of piperidine rings is 1. The number of carbonyl (C=O) groups is 1. The fourth-order valence-electron chi connectivity index (χ4n) is 3.20. The second kappa shape index (κ2) is 6.16. The Kier molecular flexibility index (Phi) is 3.99. The summed E-state index contributed by atoms with van der Waals surface area (Å²) in [7, 11) is 3.71. The Bertz CT molecular complexity index is 737. The third-order valence-corrected chi connectivity index (χ3v) is 5.99. The number of amides is 1. The highest BCUT2D eigenvalue weighted by Gasteiger charge is 2.31. The maximum Gasteiger partial charge on any atom is 0.257 e. The Balaban J connectivity index is 1.44. The molecule has 2 aromatic heterocycles. The van der Waals surface area contributed by atoms with Crippen LogP contribution in [0.15, 0.2) is 12.4 Å². The minimum Gasteiger partial charge on any atom is -0.345 e. The van der Waals surface area contributed by atoms with E-state index in [2.05, 4.69) is 20.2 Å². The van der Waals surface area contributed by atoms with Gasteiger partial charge in [0.2, 0.25) is 5.13 Å². The van der Waals surface area contributed by atoms with Crippen LogP contribution in [0.1, 0.15) is 47.0 Å². The van der Waals surface area contributed by atoms with Gasteiger partial charge in [-0.15, -0.1) is 10.2 Å². The maximum absolute atomic E-state index is 12.6. The summed E-state index contributed by atoms with van der Waals surface area (Å²) in [5.41, 5.74) is 0.643. The maximum atomic E-state index is 12.6. The molecule has 0 radical (unpaired) electrons. The number of hydrogen-bond acceptors (Lipinski definition) is 6. The van der Waals surface area contributed by atoms with E-state index in [-0.39, 0.29) is 11.9 Å². The highest BCUT2D eigenvalue weighted by atomic mass is 32.1. The van der Waals surface area contributed by atoms with E-state index in [9.17, 15) is 4.79 Å². The smallest absolute Gasteiger partial charge is 0.257 e. The van der Waals surface area contributed by atoms with Crippen LogP contribution in [-0.2, 0) is 7.05 Å². The van der Waals surface area contributed by atoms with Gasteiger partial charge in [-0.25, -0.2) is 0 Å². The Morgan fingerprint density at radius 2 is 2.17 bits per heavy atom. The number of nitrogens with zero attached hydrogens (tertiary/aromatic N) is 6. The number of aryl methyl sites for hydroxylation is 1. The largest absolute Gasteiger partial charge is 0.345 e. The number of carbonyl (C=O) groups excluding carboxylic acids is 1. The van der Waals surface area contributed by atoms with Crippen molar-refractivity contribution in [1.82, 2.24) is 24.9 Å². The van der Waals surface area contributed by atoms with Gasteiger partial charge in [-0.1, -0.05) is 11.3 Å². The lowest BCUT2D eigenvalue weighted by molar-refractivity contribution is 0.0717. The fraction of sp³-hybridized carbons (Fsp3) is 0.625. The van der Waals surface area contributed by atoms with Gasteiger partial charge in [0, 0.05) is 45.3 Å². The van der Waals surface area contributed by atoms with E-state index in [1.54, 1.807) is 28.4 Å². The van der Waals surface area contributed by atoms with E-state index < -0.39 is 0 Å². The molecule has 1 amide bonds. The summed E-state index contributed by atoms with van der Waals surface area (Å²) < 4.78 is 1.66. The molecule has 1 unspecified atom stereocenters. The molecule has 2 fully saturated rings. The van der Waals surface area contributed by atoms with E-state index in [1.165, 1.54) is 17.8 Å². The van der Waals surface area contributed by atoms with E-state index in [0.717, 1.165) is 31.1 Å². The normalized spacial score (nSPS) is 21.1. The molecule has 0 N–H and O–H groups in total. The average Bonchev–Trinajstić information content (AvgIpc) is 3.17. The Hall–Kier alpha value is -1.96. The molecule has 7 nitrogen and oxygen atoms in total. The SMILES string of the molecule is CN(C(=O)c1cnn(C)c1)C1CCCN(c2nnc(C3CC3)s2)C1. The summed E-state index contributed by atoms with van der Waals surface area (Å²) in [4.78, 5) is 16.8. The molecule has 4 rings (SSSR count). The number of likely N-dealkylation sites (N-methyl/N-ethyl adjacent to an activating group) is 1. The number of rotatable bonds is 4. The molecule has 0 bridgehead atoms. The van der Waals surface area contributed by atoms with Crippen LogP contribution in [0.25, 0.3) is 0 Å². The van der Waals surface area contributed by atoms with Crippen molar-refractivity contribution in [3.63, 3.8) is 0 Å². The van der Waals surface area contributed by atoms with Crippen LogP contribution in [0.4, 0.5) is 5.13 Å². The van der Waals surface area contributed by atoms with Crippen molar-refractivity contribution < 1.29 is 4.79 Å². The molecule has 1 atom stereocenters. The van der Waals surface area contributed by atoms with Crippen LogP contribution in [0.3, 0.4) is 0 Å². The van der Waals surface area contributed by atoms with Gasteiger partial charge in [0.25, 0.3) is 5.91 Å². The molecular formula is C16H22N6OS. The van der Waals surface area contributed by atoms with Gasteiger partial charge in [0.05, 0.1) is 11.8 Å². The molecule has 24 heavy (non-hydrogen) atoms. The summed E-state index contributed by atoms with van der Waals surface area (Å²) in [5, 5.41) is 15.0. The molecule has 1 saturated heterocycles. The minimum absolute atomic E-state index is 0.0332. The lowest BCUT2D eigenvalue weighted by Gasteiger charge is -2.37. The second-order valence-electron chi connectivity index (χ2n) is 6.76. The van der Waals surface area contributed by atoms with Crippen molar-refractivity contribution in [2.24, 2.45) is 7.05 Å². The first kappa shape index (κ1) is 15.6. The molecular weight excluding hydrogens is 324 g/mol. The van der Waals surface area contributed by atoms with Crippen molar-refractivity contribution >= 4 is 22.4 Å². The Labute approximate surface area is 145 Å². The van der Waals surface area contributed by atoms with Crippen molar-refractivity contribution in [3.8, 4) is 0 Å². The van der Waals surface area contributed by atoms with E-state index >= 15 is 0 Å². The van der Waals surface area contributed by atoms with Gasteiger partial charge in [0.15, 0.2) is 0 Å². The second-order valence-corrected chi connectivity index (χ2v) is 7.75. The van der Waals surface area contributed by atoms with Crippen molar-refractivity contribution in [1.29, 1.82) is 0 Å². The molecule has 2 aliphatic rings. The van der Waals surface area contributed by atoms with Crippen molar-refractivity contribution in [2.45, 2.75) is 37.6 Å². The molecule has 1 aliphatic carbocycles. The van der Waals surface area contributed by atoms with Crippen LogP contribution >= 0.6 is 11.3 Å². The minimum atomic E-state index is 0.0332. The van der Waals surface area contributed by atoms with Gasteiger partial charge >= 0.3 is 0 Å². The molecule has 2 aromatic rings. The van der Waals surface area contributed by atoms with Crippen LogP contribution in [0.5, 0.6) is 0 Å². The molecule has 1 saturated carbocycles. The first-order chi connectivity index (χ1) is 11.6. The molecule has 3 heterocycles. The summed E-state index contributed by atoms with van der Waals surface area (Å²) in [5.74, 6) is 0.678. The van der Waals surface area contributed by atoms with E-state index in [0.29, 0.717) is 11.5 Å². The van der Waals surface area contributed by atoms with Crippen LogP contribution in [0, 0.1) is 0 Å². The summed E-state index contributed by atoms with van der Waals surface area (Å²) in [6, 6.07) is 0.194. The Morgan fingerprint density at radius 3 is 2.88 bits per heavy atom. The van der Waals surface area contributed by atoms with Gasteiger partial charge in [-0.2, -0.15) is 5.10 Å². The first-order valence-electron chi connectivity index (χ1n) is 8.46. The summed E-state index contributed by atoms with van der Waals surface area (Å²) in [6.07, 6.45) is 7.98. The van der Waals surface area contributed by atoms with Gasteiger partial charge < -0.3 is 9.80 Å². The predicted octanol–water partition coefficient (Wildman–Crippen LogP) is 1.89. The predicted molar refractivity (Wildman–Crippen MR) is 92.4 cm³/mol. The molecule has 128 valence electrons. The zero-order valence-corrected chi connectivity index (χ0v) is 14.9. The van der Waals surface area contributed by atoms with E-state index in [1.807, 2.05) is 19.0 Å². The van der Waals surface area contributed by atoms with E-state index in [4.69, 9.17) is 0 Å². The van der Waals surface area contributed by atoms with Crippen molar-refractivity contribution in [2.75, 3.05) is 25.0 Å². The lowest BCUT2D eigenvalue weighted by Crippen LogP contribution is -2.48. The molecule has 8 heteroatoms. The number of aromatic nitrogens is 4. The van der Waals surface area contributed by atoms with Gasteiger partial charge in [-0.05, 0) is 25.7 Å². The Morgan fingerprint density at radius 1 is 1.33 bits per heavy atom. The summed E-state index contributed by atoms with van der Waals surface area (Å²) in [6.45, 7) is 1.81. The van der Waals surface area contributed by atoms with Crippen LogP contribution in [-0.4, -0.2) is 57.0 Å². The lowest BCUT2D eigenvalue weighted by atomic mass is 10.0. The summed E-state index contributed by atoms with van der Waals surface area (Å²) >= 11 is 1.72. The number of hydrogen-bond donors (Lipinski definition) is 0. The van der Waals surface area contributed by atoms with Gasteiger partial charge in [-0.3, -0.25) is 9.48 Å². The van der Waals surface area contributed by atoms with Crippen LogP contribution < -0.4 is 4.90 Å². The van der Waals surface area contributed by atoms with Crippen LogP contribution in [0.2, 0.25) is 0 Å². The third kappa shape index (κ3) is 3.02. The first-order valence-corrected chi connectivity index (χ1v) is 9.27. The van der Waals surface area contributed by atoms with Gasteiger partial charge in [0.1, 0.15) is 5.01 Å².